The van der Waals surface area contributed by atoms with Gasteiger partial charge in [-0.2, -0.15) is 0 Å². The third kappa shape index (κ3) is 6.90. The van der Waals surface area contributed by atoms with Crippen molar-refractivity contribution in [2.24, 2.45) is 0 Å². The van der Waals surface area contributed by atoms with Gasteiger partial charge in [-0.3, -0.25) is 19.2 Å². The SMILES string of the molecule is O=C(CN1CCN(C(=O)c2ccc(NS(=O)(=O)/C=C/c3ccccc3)cc2)CC1)NC1CC1. The molecule has 1 saturated heterocycles. The fourth-order valence-corrected chi connectivity index (χ4v) is 4.48. The zero-order chi connectivity index (χ0) is 23.3. The summed E-state index contributed by atoms with van der Waals surface area (Å²) in [4.78, 5) is 28.6. The van der Waals surface area contributed by atoms with Crippen molar-refractivity contribution >= 4 is 33.6 Å². The van der Waals surface area contributed by atoms with Gasteiger partial charge in [0.25, 0.3) is 15.9 Å². The van der Waals surface area contributed by atoms with Gasteiger partial charge in [-0.1, -0.05) is 30.3 Å². The molecule has 2 aromatic rings. The molecule has 0 aromatic heterocycles. The van der Waals surface area contributed by atoms with Gasteiger partial charge in [0.05, 0.1) is 12.0 Å². The Morgan fingerprint density at radius 3 is 2.24 bits per heavy atom. The number of carbonyl (C=O) groups is 2. The summed E-state index contributed by atoms with van der Waals surface area (Å²) >= 11 is 0. The van der Waals surface area contributed by atoms with Crippen molar-refractivity contribution in [3.8, 4) is 0 Å². The Morgan fingerprint density at radius 2 is 1.61 bits per heavy atom. The number of nitrogens with one attached hydrogen (secondary N) is 2. The zero-order valence-corrected chi connectivity index (χ0v) is 19.1. The van der Waals surface area contributed by atoms with Crippen LogP contribution in [0.1, 0.15) is 28.8 Å². The van der Waals surface area contributed by atoms with Gasteiger partial charge in [0.15, 0.2) is 0 Å². The van der Waals surface area contributed by atoms with Gasteiger partial charge >= 0.3 is 0 Å². The van der Waals surface area contributed by atoms with E-state index in [1.807, 2.05) is 30.3 Å². The maximum absolute atomic E-state index is 12.8. The van der Waals surface area contributed by atoms with Crippen molar-refractivity contribution in [3.63, 3.8) is 0 Å². The van der Waals surface area contributed by atoms with Crippen LogP contribution < -0.4 is 10.0 Å². The van der Waals surface area contributed by atoms with Crippen LogP contribution in [0, 0.1) is 0 Å². The summed E-state index contributed by atoms with van der Waals surface area (Å²) < 4.78 is 27.1. The lowest BCUT2D eigenvalue weighted by Gasteiger charge is -2.34. The molecule has 2 aromatic carbocycles. The number of benzene rings is 2. The predicted octanol–water partition coefficient (Wildman–Crippen LogP) is 2.14. The highest BCUT2D eigenvalue weighted by atomic mass is 32.2. The van der Waals surface area contributed by atoms with E-state index in [0.717, 1.165) is 23.8 Å². The number of carbonyl (C=O) groups excluding carboxylic acids is 2. The Labute approximate surface area is 194 Å². The summed E-state index contributed by atoms with van der Waals surface area (Å²) in [7, 11) is -3.67. The predicted molar refractivity (Wildman–Crippen MR) is 128 cm³/mol. The van der Waals surface area contributed by atoms with E-state index >= 15 is 0 Å². The molecular formula is C24H28N4O4S. The molecule has 2 N–H and O–H groups in total. The molecule has 4 rings (SSSR count). The number of hydrogen-bond acceptors (Lipinski definition) is 5. The van der Waals surface area contributed by atoms with E-state index in [-0.39, 0.29) is 11.8 Å². The smallest absolute Gasteiger partial charge is 0.255 e. The van der Waals surface area contributed by atoms with Crippen LogP contribution in [-0.2, 0) is 14.8 Å². The minimum atomic E-state index is -3.67. The number of amides is 2. The highest BCUT2D eigenvalue weighted by molar-refractivity contribution is 7.95. The fourth-order valence-electron chi connectivity index (χ4n) is 3.61. The minimum absolute atomic E-state index is 0.0499. The topological polar surface area (TPSA) is 98.8 Å². The van der Waals surface area contributed by atoms with Crippen molar-refractivity contribution in [1.82, 2.24) is 15.1 Å². The molecule has 1 aliphatic heterocycles. The molecule has 0 atom stereocenters. The van der Waals surface area contributed by atoms with Crippen LogP contribution >= 0.6 is 0 Å². The first-order valence-electron chi connectivity index (χ1n) is 11.0. The number of hydrogen-bond donors (Lipinski definition) is 2. The summed E-state index contributed by atoms with van der Waals surface area (Å²) in [5.41, 5.74) is 1.67. The van der Waals surface area contributed by atoms with E-state index in [0.29, 0.717) is 50.0 Å². The molecule has 1 heterocycles. The summed E-state index contributed by atoms with van der Waals surface area (Å²) in [6.45, 7) is 2.76. The summed E-state index contributed by atoms with van der Waals surface area (Å²) in [5.74, 6) is -0.0515. The van der Waals surface area contributed by atoms with Gasteiger partial charge in [0.1, 0.15) is 0 Å². The van der Waals surface area contributed by atoms with Crippen molar-refractivity contribution in [2.45, 2.75) is 18.9 Å². The third-order valence-electron chi connectivity index (χ3n) is 5.60. The Balaban J connectivity index is 1.27. The lowest BCUT2D eigenvalue weighted by molar-refractivity contribution is -0.122. The van der Waals surface area contributed by atoms with Crippen LogP contribution in [0.25, 0.3) is 6.08 Å². The molecular weight excluding hydrogens is 440 g/mol. The molecule has 2 fully saturated rings. The molecule has 0 spiro atoms. The van der Waals surface area contributed by atoms with Crippen molar-refractivity contribution in [1.29, 1.82) is 0 Å². The van der Waals surface area contributed by atoms with Gasteiger partial charge in [0.2, 0.25) is 5.91 Å². The fraction of sp³-hybridized carbons (Fsp3) is 0.333. The van der Waals surface area contributed by atoms with Gasteiger partial charge in [-0.15, -0.1) is 0 Å². The third-order valence-corrected chi connectivity index (χ3v) is 6.61. The highest BCUT2D eigenvalue weighted by Gasteiger charge is 2.26. The monoisotopic (exact) mass is 468 g/mol. The molecule has 8 nitrogen and oxygen atoms in total. The van der Waals surface area contributed by atoms with Crippen LogP contribution in [-0.4, -0.2) is 68.8 Å². The van der Waals surface area contributed by atoms with Crippen molar-refractivity contribution < 1.29 is 18.0 Å². The van der Waals surface area contributed by atoms with Crippen LogP contribution in [0.2, 0.25) is 0 Å². The Hall–Kier alpha value is -3.17. The Bertz CT molecular complexity index is 1100. The number of sulfonamides is 1. The molecule has 0 bridgehead atoms. The zero-order valence-electron chi connectivity index (χ0n) is 18.3. The quantitative estimate of drug-likeness (QED) is 0.619. The summed E-state index contributed by atoms with van der Waals surface area (Å²) in [5, 5.41) is 4.10. The molecule has 1 saturated carbocycles. The number of piperazine rings is 1. The first-order chi connectivity index (χ1) is 15.9. The number of anilines is 1. The van der Waals surface area contributed by atoms with Gasteiger partial charge < -0.3 is 10.2 Å². The van der Waals surface area contributed by atoms with Crippen LogP contribution in [0.5, 0.6) is 0 Å². The first kappa shape index (κ1) is 23.0. The van der Waals surface area contributed by atoms with Gasteiger partial charge in [0, 0.05) is 43.5 Å². The number of rotatable bonds is 8. The second kappa shape index (κ2) is 10.2. The lowest BCUT2D eigenvalue weighted by Crippen LogP contribution is -2.51. The second-order valence-electron chi connectivity index (χ2n) is 8.35. The maximum Gasteiger partial charge on any atom is 0.255 e. The minimum Gasteiger partial charge on any atom is -0.352 e. The van der Waals surface area contributed by atoms with Crippen molar-refractivity contribution in [2.75, 3.05) is 37.4 Å². The molecule has 0 unspecified atom stereocenters. The average molecular weight is 469 g/mol. The van der Waals surface area contributed by atoms with Crippen LogP contribution in [0.15, 0.2) is 60.0 Å². The Morgan fingerprint density at radius 1 is 0.939 bits per heavy atom. The summed E-state index contributed by atoms with van der Waals surface area (Å²) in [6.07, 6.45) is 3.66. The van der Waals surface area contributed by atoms with Gasteiger partial charge in [-0.05, 0) is 48.7 Å². The molecule has 2 aliphatic rings. The van der Waals surface area contributed by atoms with E-state index in [9.17, 15) is 18.0 Å². The van der Waals surface area contributed by atoms with E-state index in [2.05, 4.69) is 14.9 Å². The molecule has 0 radical (unpaired) electrons. The summed E-state index contributed by atoms with van der Waals surface area (Å²) in [6, 6.07) is 15.9. The first-order valence-corrected chi connectivity index (χ1v) is 12.6. The largest absolute Gasteiger partial charge is 0.352 e. The van der Waals surface area contributed by atoms with E-state index in [1.165, 1.54) is 6.08 Å². The van der Waals surface area contributed by atoms with Crippen molar-refractivity contribution in [3.05, 3.63) is 71.1 Å². The van der Waals surface area contributed by atoms with E-state index < -0.39 is 10.0 Å². The van der Waals surface area contributed by atoms with Gasteiger partial charge in [-0.25, -0.2) is 8.42 Å². The highest BCUT2D eigenvalue weighted by Crippen LogP contribution is 2.19. The van der Waals surface area contributed by atoms with Crippen LogP contribution in [0.4, 0.5) is 5.69 Å². The van der Waals surface area contributed by atoms with E-state index in [4.69, 9.17) is 0 Å². The molecule has 2 amide bonds. The lowest BCUT2D eigenvalue weighted by atomic mass is 10.1. The molecule has 33 heavy (non-hydrogen) atoms. The standard InChI is InChI=1S/C24H28N4O4S/c29-23(25-21-10-11-21)18-27-13-15-28(16-14-27)24(30)20-6-8-22(9-7-20)26-33(31,32)17-12-19-4-2-1-3-5-19/h1-9,12,17,21,26H,10-11,13-16,18H2,(H,25,29)/b17-12+. The average Bonchev–Trinajstić information content (AvgIpc) is 3.63. The van der Waals surface area contributed by atoms with E-state index in [1.54, 1.807) is 29.2 Å². The number of nitrogens with zero attached hydrogens (tertiary/aromatic N) is 2. The molecule has 174 valence electrons. The Kier molecular flexibility index (Phi) is 7.10. The second-order valence-corrected chi connectivity index (χ2v) is 9.91. The normalized spacial score (nSPS) is 17.2. The maximum atomic E-state index is 12.8. The molecule has 1 aliphatic carbocycles. The molecule has 9 heteroatoms. The van der Waals surface area contributed by atoms with Crippen LogP contribution in [0.3, 0.4) is 0 Å².